The van der Waals surface area contributed by atoms with E-state index in [-0.39, 0.29) is 13.2 Å². The van der Waals surface area contributed by atoms with Crippen LogP contribution in [0.25, 0.3) is 0 Å². The maximum Gasteiger partial charge on any atom is 0.243 e. The van der Waals surface area contributed by atoms with Gasteiger partial charge < -0.3 is 14.8 Å². The van der Waals surface area contributed by atoms with Crippen LogP contribution in [0.15, 0.2) is 72.8 Å². The smallest absolute Gasteiger partial charge is 0.243 e. The molecule has 34 heavy (non-hydrogen) atoms. The largest absolute Gasteiger partial charge is 0.492 e. The third-order valence-corrected chi connectivity index (χ3v) is 6.55. The third-order valence-electron chi connectivity index (χ3n) is 5.31. The molecule has 8 heteroatoms. The first-order chi connectivity index (χ1) is 16.1. The number of benzene rings is 3. The summed E-state index contributed by atoms with van der Waals surface area (Å²) in [5.41, 5.74) is 2.67. The first-order valence-corrected chi connectivity index (χ1v) is 12.8. The molecule has 0 aliphatic rings. The van der Waals surface area contributed by atoms with E-state index in [1.54, 1.807) is 31.2 Å². The first-order valence-electron chi connectivity index (χ1n) is 11.0. The van der Waals surface area contributed by atoms with Crippen LogP contribution in [0.3, 0.4) is 0 Å². The fraction of sp³-hybridized carbons (Fsp3) is 0.269. The quantitative estimate of drug-likeness (QED) is 0.432. The molecule has 0 bridgehead atoms. The molecule has 0 aromatic heterocycles. The van der Waals surface area contributed by atoms with Gasteiger partial charge in [-0.2, -0.15) is 0 Å². The zero-order valence-electron chi connectivity index (χ0n) is 19.8. The number of amides is 1. The van der Waals surface area contributed by atoms with Crippen LogP contribution in [-0.2, 0) is 14.8 Å². The predicted octanol–water partition coefficient (Wildman–Crippen LogP) is 4.45. The molecule has 0 aliphatic carbocycles. The zero-order chi connectivity index (χ0) is 24.7. The summed E-state index contributed by atoms with van der Waals surface area (Å²) >= 11 is 0. The summed E-state index contributed by atoms with van der Waals surface area (Å²) < 4.78 is 37.6. The van der Waals surface area contributed by atoms with Gasteiger partial charge in [-0.15, -0.1) is 0 Å². The average Bonchev–Trinajstić information content (AvgIpc) is 2.80. The standard InChI is InChI=1S/C26H30N2O5S/c1-19-10-13-25(18-20(19)2)32-17-16-27-26(29)21(3)28(34(4,30)31)22-11-14-24(15-12-22)33-23-8-6-5-7-9-23/h5-15,18,21H,16-17H2,1-4H3,(H,27,29)/t21-/m0/s1. The number of rotatable bonds is 10. The van der Waals surface area contributed by atoms with E-state index in [0.717, 1.165) is 21.9 Å². The summed E-state index contributed by atoms with van der Waals surface area (Å²) in [5.74, 6) is 1.54. The fourth-order valence-corrected chi connectivity index (χ4v) is 4.56. The van der Waals surface area contributed by atoms with Gasteiger partial charge in [-0.25, -0.2) is 8.42 Å². The van der Waals surface area contributed by atoms with Gasteiger partial charge in [-0.3, -0.25) is 9.10 Å². The van der Waals surface area contributed by atoms with Gasteiger partial charge in [-0.05, 0) is 80.4 Å². The van der Waals surface area contributed by atoms with Gasteiger partial charge in [0.25, 0.3) is 0 Å². The first kappa shape index (κ1) is 25.1. The minimum absolute atomic E-state index is 0.248. The Kier molecular flexibility index (Phi) is 8.17. The van der Waals surface area contributed by atoms with E-state index >= 15 is 0 Å². The fourth-order valence-electron chi connectivity index (χ4n) is 3.39. The third kappa shape index (κ3) is 6.74. The molecule has 0 aliphatic heterocycles. The highest BCUT2D eigenvalue weighted by molar-refractivity contribution is 7.92. The highest BCUT2D eigenvalue weighted by Gasteiger charge is 2.29. The lowest BCUT2D eigenvalue weighted by atomic mass is 10.1. The summed E-state index contributed by atoms with van der Waals surface area (Å²) in [5, 5.41) is 2.75. The van der Waals surface area contributed by atoms with Crippen molar-refractivity contribution in [2.75, 3.05) is 23.7 Å². The Labute approximate surface area is 201 Å². The molecule has 0 saturated carbocycles. The number of hydrogen-bond donors (Lipinski definition) is 1. The van der Waals surface area contributed by atoms with Crippen molar-refractivity contribution in [1.29, 1.82) is 0 Å². The van der Waals surface area contributed by atoms with Gasteiger partial charge in [0.05, 0.1) is 18.5 Å². The van der Waals surface area contributed by atoms with Gasteiger partial charge in [0.15, 0.2) is 0 Å². The molecule has 180 valence electrons. The van der Waals surface area contributed by atoms with Crippen LogP contribution in [0, 0.1) is 13.8 Å². The number of aryl methyl sites for hydroxylation is 2. The molecule has 3 rings (SSSR count). The number of carbonyl (C=O) groups is 1. The Balaban J connectivity index is 1.61. The second kappa shape index (κ2) is 11.1. The highest BCUT2D eigenvalue weighted by Crippen LogP contribution is 2.27. The van der Waals surface area contributed by atoms with Gasteiger partial charge in [-0.1, -0.05) is 24.3 Å². The molecule has 7 nitrogen and oxygen atoms in total. The normalized spacial score (nSPS) is 12.0. The topological polar surface area (TPSA) is 84.9 Å². The second-order valence-corrected chi connectivity index (χ2v) is 9.89. The van der Waals surface area contributed by atoms with E-state index in [4.69, 9.17) is 9.47 Å². The van der Waals surface area contributed by atoms with E-state index in [9.17, 15) is 13.2 Å². The van der Waals surface area contributed by atoms with Crippen molar-refractivity contribution in [3.63, 3.8) is 0 Å². The summed E-state index contributed by atoms with van der Waals surface area (Å²) in [6.45, 7) is 6.10. The minimum Gasteiger partial charge on any atom is -0.492 e. The number of carbonyl (C=O) groups excluding carboxylic acids is 1. The number of ether oxygens (including phenoxy) is 2. The van der Waals surface area contributed by atoms with Crippen molar-refractivity contribution in [2.45, 2.75) is 26.8 Å². The van der Waals surface area contributed by atoms with Gasteiger partial charge >= 0.3 is 0 Å². The molecule has 1 atom stereocenters. The Hall–Kier alpha value is -3.52. The van der Waals surface area contributed by atoms with E-state index in [1.807, 2.05) is 62.4 Å². The molecule has 0 spiro atoms. The van der Waals surface area contributed by atoms with E-state index in [0.29, 0.717) is 17.2 Å². The van der Waals surface area contributed by atoms with Gasteiger partial charge in [0, 0.05) is 0 Å². The predicted molar refractivity (Wildman–Crippen MR) is 134 cm³/mol. The van der Waals surface area contributed by atoms with Crippen LogP contribution in [-0.4, -0.2) is 39.8 Å². The van der Waals surface area contributed by atoms with Crippen LogP contribution in [0.5, 0.6) is 17.2 Å². The molecule has 3 aromatic carbocycles. The van der Waals surface area contributed by atoms with E-state index < -0.39 is 22.0 Å². The van der Waals surface area contributed by atoms with Crippen LogP contribution >= 0.6 is 0 Å². The molecule has 3 aromatic rings. The van der Waals surface area contributed by atoms with Crippen molar-refractivity contribution in [3.8, 4) is 17.2 Å². The maximum atomic E-state index is 12.7. The average molecular weight is 483 g/mol. The molecule has 1 N–H and O–H groups in total. The van der Waals surface area contributed by atoms with Crippen molar-refractivity contribution in [3.05, 3.63) is 83.9 Å². The summed E-state index contributed by atoms with van der Waals surface area (Å²) in [7, 11) is -3.72. The molecule has 0 saturated heterocycles. The Morgan fingerprint density at radius 2 is 1.53 bits per heavy atom. The number of anilines is 1. The number of nitrogens with one attached hydrogen (secondary N) is 1. The molecular formula is C26H30N2O5S. The Bertz CT molecular complexity index is 1210. The maximum absolute atomic E-state index is 12.7. The summed E-state index contributed by atoms with van der Waals surface area (Å²) in [4.78, 5) is 12.7. The van der Waals surface area contributed by atoms with Crippen molar-refractivity contribution >= 4 is 21.6 Å². The highest BCUT2D eigenvalue weighted by atomic mass is 32.2. The lowest BCUT2D eigenvalue weighted by Gasteiger charge is -2.28. The number of sulfonamides is 1. The zero-order valence-corrected chi connectivity index (χ0v) is 20.6. The molecule has 0 fully saturated rings. The van der Waals surface area contributed by atoms with Gasteiger partial charge in [0.2, 0.25) is 15.9 Å². The molecule has 0 unspecified atom stereocenters. The van der Waals surface area contributed by atoms with Crippen molar-refractivity contribution in [1.82, 2.24) is 5.32 Å². The summed E-state index contributed by atoms with van der Waals surface area (Å²) in [6.07, 6.45) is 1.08. The molecule has 0 heterocycles. The molecule has 0 radical (unpaired) electrons. The minimum atomic E-state index is -3.72. The van der Waals surface area contributed by atoms with Gasteiger partial charge in [0.1, 0.15) is 29.9 Å². The second-order valence-electron chi connectivity index (χ2n) is 8.03. The van der Waals surface area contributed by atoms with Crippen LogP contribution in [0.1, 0.15) is 18.1 Å². The monoisotopic (exact) mass is 482 g/mol. The van der Waals surface area contributed by atoms with Crippen LogP contribution in [0.2, 0.25) is 0 Å². The number of hydrogen-bond acceptors (Lipinski definition) is 5. The Morgan fingerprint density at radius 1 is 0.912 bits per heavy atom. The lowest BCUT2D eigenvalue weighted by Crippen LogP contribution is -2.48. The summed E-state index contributed by atoms with van der Waals surface area (Å²) in [6, 6.07) is 20.7. The van der Waals surface area contributed by atoms with E-state index in [2.05, 4.69) is 5.32 Å². The number of nitrogens with zero attached hydrogens (tertiary/aromatic N) is 1. The SMILES string of the molecule is Cc1ccc(OCCNC(=O)[C@H](C)N(c2ccc(Oc3ccccc3)cc2)S(C)(=O)=O)cc1C. The van der Waals surface area contributed by atoms with Crippen molar-refractivity contribution < 1.29 is 22.7 Å². The van der Waals surface area contributed by atoms with Crippen LogP contribution < -0.4 is 19.1 Å². The Morgan fingerprint density at radius 3 is 2.15 bits per heavy atom. The molecular weight excluding hydrogens is 452 g/mol. The molecule has 1 amide bonds. The van der Waals surface area contributed by atoms with Crippen LogP contribution in [0.4, 0.5) is 5.69 Å². The number of para-hydroxylation sites is 1. The lowest BCUT2D eigenvalue weighted by molar-refractivity contribution is -0.121. The van der Waals surface area contributed by atoms with E-state index in [1.165, 1.54) is 5.56 Å². The van der Waals surface area contributed by atoms with Crippen molar-refractivity contribution in [2.24, 2.45) is 0 Å².